The van der Waals surface area contributed by atoms with Gasteiger partial charge in [-0.15, -0.1) is 0 Å². The molecule has 0 radical (unpaired) electrons. The Balaban J connectivity index is 1.75. The summed E-state index contributed by atoms with van der Waals surface area (Å²) >= 11 is 3.48. The molecule has 0 amide bonds. The number of fused-ring (bicyclic) bond motifs is 2. The normalized spacial score (nSPS) is 20.1. The molecule has 1 aliphatic rings. The van der Waals surface area contributed by atoms with E-state index in [0.717, 1.165) is 21.1 Å². The average molecular weight is 355 g/mol. The molecule has 2 N–H and O–H groups in total. The molecule has 2 aromatic carbocycles. The molecule has 3 nitrogen and oxygen atoms in total. The van der Waals surface area contributed by atoms with Gasteiger partial charge in [0.25, 0.3) is 0 Å². The molecule has 3 aromatic rings. The number of aliphatic hydroxyl groups excluding tert-OH is 1. The number of rotatable bonds is 2. The number of aliphatic hydroxyl groups is 1. The lowest BCUT2D eigenvalue weighted by molar-refractivity contribution is 0.166. The summed E-state index contributed by atoms with van der Waals surface area (Å²) in [7, 11) is 0. The Hall–Kier alpha value is -1.91. The third kappa shape index (κ3) is 2.28. The van der Waals surface area contributed by atoms with Crippen LogP contribution in [0.3, 0.4) is 0 Å². The van der Waals surface area contributed by atoms with Crippen molar-refractivity contribution < 1.29 is 5.11 Å². The second kappa shape index (κ2) is 5.38. The van der Waals surface area contributed by atoms with Gasteiger partial charge in [0.2, 0.25) is 0 Å². The van der Waals surface area contributed by atoms with Gasteiger partial charge in [-0.2, -0.15) is 0 Å². The van der Waals surface area contributed by atoms with Crippen LogP contribution in [-0.2, 0) is 6.42 Å². The van der Waals surface area contributed by atoms with E-state index in [-0.39, 0.29) is 6.04 Å². The Labute approximate surface area is 137 Å². The summed E-state index contributed by atoms with van der Waals surface area (Å²) in [5, 5.41) is 15.0. The van der Waals surface area contributed by atoms with Crippen molar-refractivity contribution in [2.24, 2.45) is 0 Å². The molecule has 4 heteroatoms. The molecular formula is C18H15BrN2O. The highest BCUT2D eigenvalue weighted by Gasteiger charge is 2.30. The summed E-state index contributed by atoms with van der Waals surface area (Å²) in [5.41, 5.74) is 4.32. The van der Waals surface area contributed by atoms with Gasteiger partial charge in [0.15, 0.2) is 0 Å². The van der Waals surface area contributed by atoms with Crippen LogP contribution in [0, 0.1) is 0 Å². The van der Waals surface area contributed by atoms with Crippen molar-refractivity contribution in [1.82, 2.24) is 4.98 Å². The van der Waals surface area contributed by atoms with E-state index < -0.39 is 6.10 Å². The first-order valence-corrected chi connectivity index (χ1v) is 8.08. The van der Waals surface area contributed by atoms with E-state index in [0.29, 0.717) is 6.42 Å². The largest absolute Gasteiger partial charge is 0.390 e. The Morgan fingerprint density at radius 2 is 2.00 bits per heavy atom. The minimum Gasteiger partial charge on any atom is -0.390 e. The van der Waals surface area contributed by atoms with Gasteiger partial charge in [0.05, 0.1) is 17.7 Å². The first kappa shape index (κ1) is 13.7. The van der Waals surface area contributed by atoms with Crippen LogP contribution in [0.15, 0.2) is 59.2 Å². The smallest absolute Gasteiger partial charge is 0.0823 e. The van der Waals surface area contributed by atoms with Crippen molar-refractivity contribution in [3.8, 4) is 0 Å². The molecular weight excluding hydrogens is 340 g/mol. The van der Waals surface area contributed by atoms with Gasteiger partial charge in [-0.3, -0.25) is 4.98 Å². The molecule has 110 valence electrons. The van der Waals surface area contributed by atoms with Crippen molar-refractivity contribution >= 4 is 32.5 Å². The van der Waals surface area contributed by atoms with Crippen LogP contribution in [-0.4, -0.2) is 16.2 Å². The highest BCUT2D eigenvalue weighted by Crippen LogP contribution is 2.35. The number of benzene rings is 2. The standard InChI is InChI=1S/C18H15BrN2O/c19-12-5-6-14-15(7-8-20-16(14)10-12)21-18-13-4-2-1-3-11(13)9-17(18)22/h1-8,10,17-18,22H,9H2,(H,20,21)/t17-,18+/m1/s1. The van der Waals surface area contributed by atoms with E-state index in [1.165, 1.54) is 11.1 Å². The molecule has 2 atom stereocenters. The lowest BCUT2D eigenvalue weighted by Crippen LogP contribution is -2.21. The van der Waals surface area contributed by atoms with Gasteiger partial charge in [-0.1, -0.05) is 40.2 Å². The Bertz CT molecular complexity index is 849. The number of hydrogen-bond acceptors (Lipinski definition) is 3. The SMILES string of the molecule is O[C@@H]1Cc2ccccc2[C@@H]1Nc1ccnc2cc(Br)ccc12. The fourth-order valence-electron chi connectivity index (χ4n) is 3.16. The zero-order valence-electron chi connectivity index (χ0n) is 11.8. The first-order chi connectivity index (χ1) is 10.7. The van der Waals surface area contributed by atoms with E-state index in [2.05, 4.69) is 38.4 Å². The van der Waals surface area contributed by atoms with Gasteiger partial charge >= 0.3 is 0 Å². The topological polar surface area (TPSA) is 45.1 Å². The number of halogens is 1. The number of hydrogen-bond donors (Lipinski definition) is 2. The molecule has 1 aliphatic carbocycles. The van der Waals surface area contributed by atoms with Crippen LogP contribution in [0.5, 0.6) is 0 Å². The molecule has 1 heterocycles. The maximum atomic E-state index is 10.4. The number of pyridine rings is 1. The van der Waals surface area contributed by atoms with Crippen LogP contribution >= 0.6 is 15.9 Å². The Morgan fingerprint density at radius 1 is 1.14 bits per heavy atom. The Kier molecular flexibility index (Phi) is 3.36. The molecule has 0 spiro atoms. The van der Waals surface area contributed by atoms with Crippen molar-refractivity contribution in [3.63, 3.8) is 0 Å². The molecule has 0 unspecified atom stereocenters. The molecule has 0 saturated carbocycles. The maximum Gasteiger partial charge on any atom is 0.0823 e. The minimum atomic E-state index is -0.406. The lowest BCUT2D eigenvalue weighted by atomic mass is 10.1. The summed E-state index contributed by atoms with van der Waals surface area (Å²) in [6.07, 6.45) is 2.09. The van der Waals surface area contributed by atoms with Crippen LogP contribution in [0.1, 0.15) is 17.2 Å². The van der Waals surface area contributed by atoms with E-state index in [4.69, 9.17) is 0 Å². The van der Waals surface area contributed by atoms with Crippen molar-refractivity contribution in [1.29, 1.82) is 0 Å². The molecule has 22 heavy (non-hydrogen) atoms. The molecule has 0 bridgehead atoms. The monoisotopic (exact) mass is 354 g/mol. The van der Waals surface area contributed by atoms with Gasteiger partial charge in [0.1, 0.15) is 0 Å². The lowest BCUT2D eigenvalue weighted by Gasteiger charge is -2.20. The second-order valence-electron chi connectivity index (χ2n) is 5.61. The molecule has 4 rings (SSSR count). The third-order valence-corrected chi connectivity index (χ3v) is 4.71. The predicted molar refractivity (Wildman–Crippen MR) is 92.0 cm³/mol. The summed E-state index contributed by atoms with van der Waals surface area (Å²) < 4.78 is 1.01. The van der Waals surface area contributed by atoms with Gasteiger partial charge in [0, 0.05) is 28.2 Å². The summed E-state index contributed by atoms with van der Waals surface area (Å²) in [6.45, 7) is 0. The predicted octanol–water partition coefficient (Wildman–Crippen LogP) is 4.07. The summed E-state index contributed by atoms with van der Waals surface area (Å²) in [4.78, 5) is 4.41. The van der Waals surface area contributed by atoms with E-state index >= 15 is 0 Å². The van der Waals surface area contributed by atoms with Crippen molar-refractivity contribution in [2.75, 3.05) is 5.32 Å². The third-order valence-electron chi connectivity index (χ3n) is 4.22. The average Bonchev–Trinajstić information content (AvgIpc) is 2.83. The molecule has 1 aromatic heterocycles. The zero-order valence-corrected chi connectivity index (χ0v) is 13.4. The van der Waals surface area contributed by atoms with Crippen molar-refractivity contribution in [3.05, 3.63) is 70.3 Å². The van der Waals surface area contributed by atoms with Crippen LogP contribution in [0.4, 0.5) is 5.69 Å². The van der Waals surface area contributed by atoms with E-state index in [9.17, 15) is 5.11 Å². The van der Waals surface area contributed by atoms with Gasteiger partial charge < -0.3 is 10.4 Å². The van der Waals surface area contributed by atoms with Crippen LogP contribution < -0.4 is 5.32 Å². The van der Waals surface area contributed by atoms with E-state index in [1.54, 1.807) is 6.20 Å². The van der Waals surface area contributed by atoms with Crippen LogP contribution in [0.2, 0.25) is 0 Å². The Morgan fingerprint density at radius 3 is 2.91 bits per heavy atom. The number of anilines is 1. The zero-order chi connectivity index (χ0) is 15.1. The summed E-state index contributed by atoms with van der Waals surface area (Å²) in [6, 6.07) is 16.1. The van der Waals surface area contributed by atoms with Gasteiger partial charge in [-0.25, -0.2) is 0 Å². The quantitative estimate of drug-likeness (QED) is 0.729. The van der Waals surface area contributed by atoms with E-state index in [1.807, 2.05) is 36.4 Å². The summed E-state index contributed by atoms with van der Waals surface area (Å²) in [5.74, 6) is 0. The van der Waals surface area contributed by atoms with Crippen LogP contribution in [0.25, 0.3) is 10.9 Å². The fourth-order valence-corrected chi connectivity index (χ4v) is 3.51. The van der Waals surface area contributed by atoms with Crippen molar-refractivity contribution in [2.45, 2.75) is 18.6 Å². The highest BCUT2D eigenvalue weighted by molar-refractivity contribution is 9.10. The maximum absolute atomic E-state index is 10.4. The van der Waals surface area contributed by atoms with Gasteiger partial charge in [-0.05, 0) is 35.4 Å². The molecule has 0 fully saturated rings. The fraction of sp³-hybridized carbons (Fsp3) is 0.167. The number of nitrogens with one attached hydrogen (secondary N) is 1. The second-order valence-corrected chi connectivity index (χ2v) is 6.53. The molecule has 0 saturated heterocycles. The number of nitrogens with zero attached hydrogens (tertiary/aromatic N) is 1. The minimum absolute atomic E-state index is 0.0783. The first-order valence-electron chi connectivity index (χ1n) is 7.29. The number of aromatic nitrogens is 1. The highest BCUT2D eigenvalue weighted by atomic mass is 79.9. The molecule has 0 aliphatic heterocycles.